The van der Waals surface area contributed by atoms with Crippen LogP contribution >= 0.6 is 0 Å². The summed E-state index contributed by atoms with van der Waals surface area (Å²) < 4.78 is 5.18. The summed E-state index contributed by atoms with van der Waals surface area (Å²) in [6.07, 6.45) is 1.66. The van der Waals surface area contributed by atoms with Crippen molar-refractivity contribution in [3.63, 3.8) is 0 Å². The standard InChI is InChI=1S/C13H8N2O4/c16-13-10-5-2-6-14-11(10)12(19-13)8-3-1-4-9(7-8)15(17)18/h1-7,14H. The Morgan fingerprint density at radius 1 is 1.21 bits per heavy atom. The summed E-state index contributed by atoms with van der Waals surface area (Å²) in [5.41, 5.74) is 0.930. The minimum atomic E-state index is -0.490. The molecule has 1 aromatic carbocycles. The second kappa shape index (κ2) is 4.09. The monoisotopic (exact) mass is 256 g/mol. The molecule has 0 fully saturated rings. The summed E-state index contributed by atoms with van der Waals surface area (Å²) in [7, 11) is 0. The van der Waals surface area contributed by atoms with Gasteiger partial charge in [-0.1, -0.05) is 12.1 Å². The third-order valence-electron chi connectivity index (χ3n) is 2.82. The summed E-state index contributed by atoms with van der Waals surface area (Å²) in [6.45, 7) is 0. The van der Waals surface area contributed by atoms with E-state index in [4.69, 9.17) is 4.42 Å². The van der Waals surface area contributed by atoms with Gasteiger partial charge >= 0.3 is 5.63 Å². The lowest BCUT2D eigenvalue weighted by Crippen LogP contribution is -1.94. The lowest BCUT2D eigenvalue weighted by atomic mass is 10.1. The third-order valence-corrected chi connectivity index (χ3v) is 2.82. The maximum Gasteiger partial charge on any atom is 0.345 e. The minimum Gasteiger partial charge on any atom is -0.420 e. The van der Waals surface area contributed by atoms with Crippen molar-refractivity contribution in [3.8, 4) is 22.6 Å². The number of aromatic amines is 1. The maximum atomic E-state index is 11.7. The first-order valence-electron chi connectivity index (χ1n) is 5.52. The van der Waals surface area contributed by atoms with Crippen LogP contribution in [0.5, 0.6) is 0 Å². The summed E-state index contributed by atoms with van der Waals surface area (Å²) in [4.78, 5) is 24.9. The van der Waals surface area contributed by atoms with E-state index in [2.05, 4.69) is 4.98 Å². The molecule has 0 radical (unpaired) electrons. The lowest BCUT2D eigenvalue weighted by molar-refractivity contribution is -0.384. The Balaban J connectivity index is 2.23. The Morgan fingerprint density at radius 3 is 2.84 bits per heavy atom. The van der Waals surface area contributed by atoms with Gasteiger partial charge in [-0.3, -0.25) is 10.1 Å². The van der Waals surface area contributed by atoms with E-state index in [9.17, 15) is 14.9 Å². The molecular weight excluding hydrogens is 248 g/mol. The first-order valence-corrected chi connectivity index (χ1v) is 5.52. The van der Waals surface area contributed by atoms with E-state index in [1.54, 1.807) is 30.5 Å². The first-order chi connectivity index (χ1) is 9.16. The van der Waals surface area contributed by atoms with E-state index in [0.717, 1.165) is 0 Å². The number of nitro groups is 1. The van der Waals surface area contributed by atoms with E-state index in [1.807, 2.05) is 0 Å². The van der Waals surface area contributed by atoms with Crippen LogP contribution < -0.4 is 5.63 Å². The second-order valence-electron chi connectivity index (χ2n) is 3.98. The molecule has 6 nitrogen and oxygen atoms in total. The molecule has 3 rings (SSSR count). The number of H-pyrrole nitrogens is 1. The Bertz CT molecular complexity index is 787. The van der Waals surface area contributed by atoms with Gasteiger partial charge in [0.15, 0.2) is 5.76 Å². The molecule has 0 saturated heterocycles. The molecule has 0 saturated carbocycles. The Hall–Kier alpha value is -2.89. The molecule has 0 unspecified atom stereocenters. The van der Waals surface area contributed by atoms with Gasteiger partial charge in [0.25, 0.3) is 5.69 Å². The number of aromatic nitrogens is 1. The van der Waals surface area contributed by atoms with Gasteiger partial charge < -0.3 is 9.40 Å². The van der Waals surface area contributed by atoms with Crippen molar-refractivity contribution >= 4 is 5.69 Å². The fourth-order valence-electron chi connectivity index (χ4n) is 1.96. The summed E-state index contributed by atoms with van der Waals surface area (Å²) in [6, 6.07) is 9.30. The van der Waals surface area contributed by atoms with Gasteiger partial charge in [-0.25, -0.2) is 4.79 Å². The van der Waals surface area contributed by atoms with Crippen LogP contribution in [0.4, 0.5) is 5.69 Å². The number of hydrogen-bond acceptors (Lipinski definition) is 4. The van der Waals surface area contributed by atoms with Gasteiger partial charge in [0.05, 0.1) is 16.2 Å². The molecule has 0 aliphatic carbocycles. The number of nitrogens with zero attached hydrogens (tertiary/aromatic N) is 1. The SMILES string of the molecule is O=c1oc(-c2cccc([N+](=O)[O-])c2)c2[nH]cccc1-2. The Kier molecular flexibility index (Phi) is 2.42. The molecule has 0 spiro atoms. The van der Waals surface area contributed by atoms with Crippen molar-refractivity contribution in [3.05, 3.63) is 63.1 Å². The molecule has 0 bridgehead atoms. The Morgan fingerprint density at radius 2 is 2.05 bits per heavy atom. The van der Waals surface area contributed by atoms with Crippen molar-refractivity contribution < 1.29 is 9.34 Å². The van der Waals surface area contributed by atoms with Gasteiger partial charge in [-0.05, 0) is 12.1 Å². The molecule has 0 aromatic heterocycles. The average molecular weight is 256 g/mol. The van der Waals surface area contributed by atoms with Gasteiger partial charge in [-0.15, -0.1) is 0 Å². The predicted molar refractivity (Wildman–Crippen MR) is 68.0 cm³/mol. The molecule has 0 amide bonds. The van der Waals surface area contributed by atoms with E-state index in [0.29, 0.717) is 22.6 Å². The zero-order chi connectivity index (χ0) is 13.4. The van der Waals surface area contributed by atoms with Crippen LogP contribution in [-0.4, -0.2) is 9.91 Å². The second-order valence-corrected chi connectivity index (χ2v) is 3.98. The van der Waals surface area contributed by atoms with Crippen LogP contribution in [0.3, 0.4) is 0 Å². The average Bonchev–Trinajstić information content (AvgIpc) is 2.77. The highest BCUT2D eigenvalue weighted by atomic mass is 16.6. The molecule has 1 N–H and O–H groups in total. The molecule has 2 aliphatic heterocycles. The number of rotatable bonds is 2. The zero-order valence-electron chi connectivity index (χ0n) is 9.62. The maximum absolute atomic E-state index is 11.7. The van der Waals surface area contributed by atoms with E-state index < -0.39 is 10.5 Å². The zero-order valence-corrected chi connectivity index (χ0v) is 9.62. The molecule has 19 heavy (non-hydrogen) atoms. The number of fused-ring (bicyclic) bond motifs is 1. The quantitative estimate of drug-likeness (QED) is 0.563. The lowest BCUT2D eigenvalue weighted by Gasteiger charge is -2.00. The van der Waals surface area contributed by atoms with Gasteiger partial charge in [-0.2, -0.15) is 0 Å². The smallest absolute Gasteiger partial charge is 0.345 e. The summed E-state index contributed by atoms with van der Waals surface area (Å²) in [5, 5.41) is 10.8. The summed E-state index contributed by atoms with van der Waals surface area (Å²) >= 11 is 0. The van der Waals surface area contributed by atoms with E-state index in [-0.39, 0.29) is 5.69 Å². The van der Waals surface area contributed by atoms with Crippen LogP contribution in [0.2, 0.25) is 0 Å². The summed E-state index contributed by atoms with van der Waals surface area (Å²) in [5.74, 6) is 0.310. The van der Waals surface area contributed by atoms with Crippen LogP contribution in [0, 0.1) is 10.1 Å². The van der Waals surface area contributed by atoms with Crippen LogP contribution in [0.1, 0.15) is 0 Å². The largest absolute Gasteiger partial charge is 0.420 e. The number of benzene rings is 1. The fraction of sp³-hybridized carbons (Fsp3) is 0. The number of furan rings is 1. The molecule has 1 aromatic rings. The topological polar surface area (TPSA) is 89.1 Å². The fourth-order valence-corrected chi connectivity index (χ4v) is 1.96. The molecular formula is C13H8N2O4. The molecule has 6 heteroatoms. The molecule has 0 atom stereocenters. The van der Waals surface area contributed by atoms with Crippen molar-refractivity contribution in [1.29, 1.82) is 0 Å². The third kappa shape index (κ3) is 1.79. The molecule has 2 aliphatic rings. The van der Waals surface area contributed by atoms with E-state index in [1.165, 1.54) is 12.1 Å². The van der Waals surface area contributed by atoms with Gasteiger partial charge in [0.2, 0.25) is 0 Å². The highest BCUT2D eigenvalue weighted by Gasteiger charge is 2.20. The van der Waals surface area contributed by atoms with Crippen molar-refractivity contribution in [1.82, 2.24) is 4.98 Å². The number of hydrogen-bond donors (Lipinski definition) is 1. The van der Waals surface area contributed by atoms with Crippen LogP contribution in [0.25, 0.3) is 22.6 Å². The number of non-ortho nitro benzene ring substituents is 1. The van der Waals surface area contributed by atoms with Gasteiger partial charge in [0.1, 0.15) is 0 Å². The van der Waals surface area contributed by atoms with Crippen molar-refractivity contribution in [2.45, 2.75) is 0 Å². The van der Waals surface area contributed by atoms with Crippen molar-refractivity contribution in [2.75, 3.05) is 0 Å². The minimum absolute atomic E-state index is 0.0505. The number of pyridine rings is 1. The predicted octanol–water partition coefficient (Wildman–Crippen LogP) is 2.65. The van der Waals surface area contributed by atoms with Gasteiger partial charge in [0, 0.05) is 23.9 Å². The van der Waals surface area contributed by atoms with Crippen molar-refractivity contribution in [2.24, 2.45) is 0 Å². The molecule has 2 heterocycles. The number of nitrogens with one attached hydrogen (secondary N) is 1. The highest BCUT2D eigenvalue weighted by Crippen LogP contribution is 2.31. The van der Waals surface area contributed by atoms with Crippen LogP contribution in [-0.2, 0) is 0 Å². The number of nitro benzene ring substituents is 1. The highest BCUT2D eigenvalue weighted by molar-refractivity contribution is 5.78. The molecule has 94 valence electrons. The normalized spacial score (nSPS) is 10.7. The first kappa shape index (κ1) is 11.2. The Labute approximate surface area is 106 Å². The van der Waals surface area contributed by atoms with E-state index >= 15 is 0 Å². The van der Waals surface area contributed by atoms with Crippen LogP contribution in [0.15, 0.2) is 51.8 Å².